The van der Waals surface area contributed by atoms with Gasteiger partial charge in [0.25, 0.3) is 0 Å². The molecule has 0 saturated carbocycles. The van der Waals surface area contributed by atoms with Crippen molar-refractivity contribution < 1.29 is 14.3 Å². The minimum Gasteiger partial charge on any atom is -0.464 e. The summed E-state index contributed by atoms with van der Waals surface area (Å²) in [5, 5.41) is 2.69. The molecule has 2 rings (SSSR count). The second kappa shape index (κ2) is 5.91. The summed E-state index contributed by atoms with van der Waals surface area (Å²) in [5.74, 6) is -0.475. The van der Waals surface area contributed by atoms with Crippen LogP contribution in [0, 0.1) is 0 Å². The second-order valence-corrected chi connectivity index (χ2v) is 4.98. The molecule has 1 fully saturated rings. The number of esters is 1. The fourth-order valence-electron chi connectivity index (χ4n) is 1.80. The van der Waals surface area contributed by atoms with Gasteiger partial charge in [-0.1, -0.05) is 12.1 Å². The number of rotatable bonds is 4. The van der Waals surface area contributed by atoms with Gasteiger partial charge in [0, 0.05) is 11.3 Å². The Kier molecular flexibility index (Phi) is 4.25. The van der Waals surface area contributed by atoms with Crippen LogP contribution in [0.15, 0.2) is 29.2 Å². The average Bonchev–Trinajstić information content (AvgIpc) is 2.76. The first-order valence-corrected chi connectivity index (χ1v) is 7.00. The second-order valence-electron chi connectivity index (χ2n) is 4.10. The number of ether oxygens (including phenoxy) is 1. The molecule has 18 heavy (non-hydrogen) atoms. The molecule has 0 bridgehead atoms. The van der Waals surface area contributed by atoms with Gasteiger partial charge in [0.15, 0.2) is 0 Å². The lowest BCUT2D eigenvalue weighted by atomic mass is 10.1. The van der Waals surface area contributed by atoms with Gasteiger partial charge in [-0.25, -0.2) is 4.79 Å². The smallest absolute Gasteiger partial charge is 0.328 e. The Morgan fingerprint density at radius 1 is 1.44 bits per heavy atom. The summed E-state index contributed by atoms with van der Waals surface area (Å²) in [6.45, 7) is 0.395. The van der Waals surface area contributed by atoms with Crippen LogP contribution >= 0.6 is 11.8 Å². The molecule has 1 amide bonds. The van der Waals surface area contributed by atoms with Gasteiger partial charge in [0.2, 0.25) is 5.91 Å². The van der Waals surface area contributed by atoms with Gasteiger partial charge in [0.05, 0.1) is 13.0 Å². The lowest BCUT2D eigenvalue weighted by Crippen LogP contribution is -2.38. The zero-order valence-corrected chi connectivity index (χ0v) is 11.0. The number of carbonyl (C=O) groups is 2. The summed E-state index contributed by atoms with van der Waals surface area (Å²) in [6, 6.07) is 7.35. The van der Waals surface area contributed by atoms with Gasteiger partial charge in [-0.3, -0.25) is 4.79 Å². The van der Waals surface area contributed by atoms with Crippen molar-refractivity contribution in [2.45, 2.75) is 23.8 Å². The van der Waals surface area contributed by atoms with Gasteiger partial charge >= 0.3 is 5.97 Å². The number of hydrogen-bond donors (Lipinski definition) is 1. The van der Waals surface area contributed by atoms with Crippen LogP contribution in [0.3, 0.4) is 0 Å². The Bertz CT molecular complexity index is 444. The largest absolute Gasteiger partial charge is 0.464 e. The normalized spacial score (nSPS) is 18.5. The monoisotopic (exact) mass is 265 g/mol. The number of benzene rings is 1. The molecule has 1 heterocycles. The van der Waals surface area contributed by atoms with Crippen molar-refractivity contribution in [1.29, 1.82) is 0 Å². The molecule has 0 spiro atoms. The van der Waals surface area contributed by atoms with E-state index in [2.05, 4.69) is 5.32 Å². The van der Waals surface area contributed by atoms with Crippen LogP contribution in [-0.4, -0.2) is 30.8 Å². The van der Waals surface area contributed by atoms with Gasteiger partial charge < -0.3 is 10.1 Å². The van der Waals surface area contributed by atoms with Crippen molar-refractivity contribution in [1.82, 2.24) is 5.32 Å². The molecule has 1 N–H and O–H groups in total. The minimum absolute atomic E-state index is 0.143. The SMILES string of the molecule is CSc1ccc(CC(=O)N[C@@H]2CCOC2=O)cc1. The highest BCUT2D eigenvalue weighted by atomic mass is 32.2. The summed E-state index contributed by atoms with van der Waals surface area (Å²) < 4.78 is 4.79. The summed E-state index contributed by atoms with van der Waals surface area (Å²) in [7, 11) is 0. The molecule has 96 valence electrons. The zero-order chi connectivity index (χ0) is 13.0. The summed E-state index contributed by atoms with van der Waals surface area (Å²) in [5.41, 5.74) is 0.941. The summed E-state index contributed by atoms with van der Waals surface area (Å²) in [6.07, 6.45) is 2.86. The highest BCUT2D eigenvalue weighted by Crippen LogP contribution is 2.15. The van der Waals surface area contributed by atoms with Gasteiger partial charge in [-0.2, -0.15) is 0 Å². The third-order valence-electron chi connectivity index (χ3n) is 2.79. The number of cyclic esters (lactones) is 1. The van der Waals surface area contributed by atoms with E-state index in [4.69, 9.17) is 4.74 Å². The number of carbonyl (C=O) groups excluding carboxylic acids is 2. The summed E-state index contributed by atoms with van der Waals surface area (Å²) in [4.78, 5) is 24.1. The fourth-order valence-corrected chi connectivity index (χ4v) is 2.21. The number of thioether (sulfide) groups is 1. The van der Waals surface area contributed by atoms with Crippen LogP contribution in [-0.2, 0) is 20.7 Å². The maximum absolute atomic E-state index is 11.7. The Morgan fingerprint density at radius 3 is 2.72 bits per heavy atom. The third-order valence-corrected chi connectivity index (χ3v) is 3.54. The van der Waals surface area contributed by atoms with Crippen molar-refractivity contribution in [2.75, 3.05) is 12.9 Å². The molecular formula is C13H15NO3S. The van der Waals surface area contributed by atoms with Crippen LogP contribution in [0.2, 0.25) is 0 Å². The molecule has 1 atom stereocenters. The quantitative estimate of drug-likeness (QED) is 0.660. The predicted octanol–water partition coefficient (Wildman–Crippen LogP) is 1.38. The molecule has 4 nitrogen and oxygen atoms in total. The lowest BCUT2D eigenvalue weighted by Gasteiger charge is -2.08. The Morgan fingerprint density at radius 2 is 2.17 bits per heavy atom. The van der Waals surface area contributed by atoms with Crippen LogP contribution < -0.4 is 5.32 Å². The molecular weight excluding hydrogens is 250 g/mol. The van der Waals surface area contributed by atoms with E-state index in [1.807, 2.05) is 30.5 Å². The molecule has 1 aliphatic heterocycles. The molecule has 5 heteroatoms. The maximum Gasteiger partial charge on any atom is 0.328 e. The minimum atomic E-state index is -0.469. The summed E-state index contributed by atoms with van der Waals surface area (Å²) >= 11 is 1.66. The molecule has 1 aromatic carbocycles. The van der Waals surface area contributed by atoms with Crippen molar-refractivity contribution >= 4 is 23.6 Å². The third kappa shape index (κ3) is 3.26. The highest BCUT2D eigenvalue weighted by molar-refractivity contribution is 7.98. The van der Waals surface area contributed by atoms with Crippen LogP contribution in [0.25, 0.3) is 0 Å². The lowest BCUT2D eigenvalue weighted by molar-refractivity contribution is -0.141. The molecule has 0 aliphatic carbocycles. The molecule has 1 saturated heterocycles. The van der Waals surface area contributed by atoms with E-state index in [-0.39, 0.29) is 11.9 Å². The number of hydrogen-bond acceptors (Lipinski definition) is 4. The average molecular weight is 265 g/mol. The molecule has 1 aliphatic rings. The van der Waals surface area contributed by atoms with Crippen LogP contribution in [0.1, 0.15) is 12.0 Å². The van der Waals surface area contributed by atoms with E-state index < -0.39 is 6.04 Å². The van der Waals surface area contributed by atoms with Gasteiger partial charge in [-0.15, -0.1) is 11.8 Å². The molecule has 0 radical (unpaired) electrons. The fraction of sp³-hybridized carbons (Fsp3) is 0.385. The van der Waals surface area contributed by atoms with Gasteiger partial charge in [0.1, 0.15) is 6.04 Å². The molecule has 0 aromatic heterocycles. The van der Waals surface area contributed by atoms with Crippen LogP contribution in [0.4, 0.5) is 0 Å². The molecule has 0 unspecified atom stereocenters. The van der Waals surface area contributed by atoms with Crippen molar-refractivity contribution in [3.63, 3.8) is 0 Å². The highest BCUT2D eigenvalue weighted by Gasteiger charge is 2.27. The Balaban J connectivity index is 1.88. The van der Waals surface area contributed by atoms with Crippen LogP contribution in [0.5, 0.6) is 0 Å². The topological polar surface area (TPSA) is 55.4 Å². The maximum atomic E-state index is 11.7. The van der Waals surface area contributed by atoms with Crippen molar-refractivity contribution in [3.05, 3.63) is 29.8 Å². The van der Waals surface area contributed by atoms with E-state index in [9.17, 15) is 9.59 Å². The van der Waals surface area contributed by atoms with E-state index in [0.29, 0.717) is 19.4 Å². The Hall–Kier alpha value is -1.49. The number of amides is 1. The first-order chi connectivity index (χ1) is 8.69. The first kappa shape index (κ1) is 13.0. The zero-order valence-electron chi connectivity index (χ0n) is 10.1. The van der Waals surface area contributed by atoms with Gasteiger partial charge in [-0.05, 0) is 24.0 Å². The van der Waals surface area contributed by atoms with E-state index in [1.165, 1.54) is 4.90 Å². The van der Waals surface area contributed by atoms with Crippen molar-refractivity contribution in [2.24, 2.45) is 0 Å². The predicted molar refractivity (Wildman–Crippen MR) is 69.4 cm³/mol. The number of nitrogens with one attached hydrogen (secondary N) is 1. The first-order valence-electron chi connectivity index (χ1n) is 5.78. The Labute approximate surface area is 110 Å². The van der Waals surface area contributed by atoms with Crippen molar-refractivity contribution in [3.8, 4) is 0 Å². The van der Waals surface area contributed by atoms with E-state index >= 15 is 0 Å². The van der Waals surface area contributed by atoms with E-state index in [1.54, 1.807) is 11.8 Å². The standard InChI is InChI=1S/C13H15NO3S/c1-18-10-4-2-9(3-5-10)8-12(15)14-11-6-7-17-13(11)16/h2-5,11H,6-8H2,1H3,(H,14,15)/t11-/m1/s1. The van der Waals surface area contributed by atoms with E-state index in [0.717, 1.165) is 5.56 Å². The molecule has 1 aromatic rings.